The average Bonchev–Trinajstić information content (AvgIpc) is 2.32. The van der Waals surface area contributed by atoms with E-state index in [1.54, 1.807) is 24.3 Å². The Morgan fingerprint density at radius 1 is 0.812 bits per heavy atom. The molecule has 0 unspecified atom stereocenters. The van der Waals surface area contributed by atoms with Crippen LogP contribution < -0.4 is 9.47 Å². The molecule has 1 aromatic rings. The molecule has 1 aromatic carbocycles. The van der Waals surface area contributed by atoms with E-state index in [4.69, 9.17) is 18.9 Å². The van der Waals surface area contributed by atoms with E-state index in [9.17, 15) is 0 Å². The lowest BCUT2D eigenvalue weighted by Gasteiger charge is -2.07. The predicted molar refractivity (Wildman–Crippen MR) is 60.0 cm³/mol. The van der Waals surface area contributed by atoms with E-state index in [1.807, 2.05) is 0 Å². The average molecular weight is 222 g/mol. The zero-order valence-electron chi connectivity index (χ0n) is 8.93. The van der Waals surface area contributed by atoms with Crippen molar-refractivity contribution >= 4 is 0 Å². The van der Waals surface area contributed by atoms with Gasteiger partial charge in [0.1, 0.15) is 11.5 Å². The summed E-state index contributed by atoms with van der Waals surface area (Å²) in [6.07, 6.45) is 2.65. The van der Waals surface area contributed by atoms with E-state index in [0.29, 0.717) is 11.5 Å². The lowest BCUT2D eigenvalue weighted by Crippen LogP contribution is -1.99. The second-order valence-corrected chi connectivity index (χ2v) is 2.66. The van der Waals surface area contributed by atoms with Crippen LogP contribution in [0, 0.1) is 0 Å². The highest BCUT2D eigenvalue weighted by atomic mass is 16.7. The van der Waals surface area contributed by atoms with Gasteiger partial charge in [0.15, 0.2) is 0 Å². The quantitative estimate of drug-likeness (QED) is 0.385. The Kier molecular flexibility index (Phi) is 5.41. The van der Waals surface area contributed by atoms with Gasteiger partial charge in [0.2, 0.25) is 13.6 Å². The van der Waals surface area contributed by atoms with Crippen LogP contribution in [-0.4, -0.2) is 13.6 Å². The molecular weight excluding hydrogens is 208 g/mol. The van der Waals surface area contributed by atoms with Crippen molar-refractivity contribution < 1.29 is 18.9 Å². The second kappa shape index (κ2) is 7.23. The van der Waals surface area contributed by atoms with E-state index in [0.717, 1.165) is 0 Å². The summed E-state index contributed by atoms with van der Waals surface area (Å²) in [7, 11) is 0. The van der Waals surface area contributed by atoms with E-state index in [1.165, 1.54) is 12.5 Å². The van der Waals surface area contributed by atoms with Crippen molar-refractivity contribution in [2.75, 3.05) is 13.6 Å². The largest absolute Gasteiger partial charge is 0.466 e. The highest BCUT2D eigenvalue weighted by Gasteiger charge is 1.95. The molecule has 1 rings (SSSR count). The third-order valence-electron chi connectivity index (χ3n) is 1.65. The number of hydrogen-bond donors (Lipinski definition) is 0. The minimum Gasteiger partial charge on any atom is -0.466 e. The molecule has 0 amide bonds. The van der Waals surface area contributed by atoms with E-state index in [2.05, 4.69) is 13.2 Å². The number of ether oxygens (including phenoxy) is 4. The number of rotatable bonds is 8. The molecule has 0 aliphatic heterocycles. The summed E-state index contributed by atoms with van der Waals surface area (Å²) in [6, 6.07) is 7.09. The maximum absolute atomic E-state index is 5.23. The molecule has 0 saturated carbocycles. The zero-order valence-corrected chi connectivity index (χ0v) is 8.93. The molecule has 0 saturated heterocycles. The SMILES string of the molecule is C=COCOc1ccc(OCOC=C)cc1. The van der Waals surface area contributed by atoms with Crippen molar-refractivity contribution in [3.8, 4) is 11.5 Å². The fourth-order valence-corrected chi connectivity index (χ4v) is 0.932. The highest BCUT2D eigenvalue weighted by Crippen LogP contribution is 2.17. The summed E-state index contributed by atoms with van der Waals surface area (Å²) >= 11 is 0. The first-order valence-corrected chi connectivity index (χ1v) is 4.67. The van der Waals surface area contributed by atoms with Crippen molar-refractivity contribution in [1.29, 1.82) is 0 Å². The van der Waals surface area contributed by atoms with Crippen molar-refractivity contribution in [1.82, 2.24) is 0 Å². The van der Waals surface area contributed by atoms with Crippen molar-refractivity contribution in [3.05, 3.63) is 49.9 Å². The zero-order chi connectivity index (χ0) is 11.6. The van der Waals surface area contributed by atoms with Gasteiger partial charge in [0, 0.05) is 0 Å². The molecule has 0 aliphatic carbocycles. The smallest absolute Gasteiger partial charge is 0.229 e. The first-order chi connectivity index (χ1) is 7.86. The molecule has 0 aliphatic rings. The summed E-state index contributed by atoms with van der Waals surface area (Å²) in [5.74, 6) is 1.39. The first-order valence-electron chi connectivity index (χ1n) is 4.67. The van der Waals surface area contributed by atoms with Gasteiger partial charge in [-0.3, -0.25) is 0 Å². The molecule has 0 radical (unpaired) electrons. The van der Waals surface area contributed by atoms with Crippen molar-refractivity contribution in [3.63, 3.8) is 0 Å². The van der Waals surface area contributed by atoms with Crippen molar-refractivity contribution in [2.24, 2.45) is 0 Å². The first kappa shape index (κ1) is 12.0. The van der Waals surface area contributed by atoms with Crippen LogP contribution in [0.5, 0.6) is 11.5 Å². The van der Waals surface area contributed by atoms with Crippen LogP contribution in [0.1, 0.15) is 0 Å². The van der Waals surface area contributed by atoms with Crippen LogP contribution in [0.3, 0.4) is 0 Å². The minimum absolute atomic E-state index is 0.142. The van der Waals surface area contributed by atoms with Crippen LogP contribution in [0.25, 0.3) is 0 Å². The molecule has 4 nitrogen and oxygen atoms in total. The maximum Gasteiger partial charge on any atom is 0.229 e. The topological polar surface area (TPSA) is 36.9 Å². The fourth-order valence-electron chi connectivity index (χ4n) is 0.932. The van der Waals surface area contributed by atoms with E-state index >= 15 is 0 Å². The van der Waals surface area contributed by atoms with Crippen LogP contribution in [0.15, 0.2) is 49.9 Å². The van der Waals surface area contributed by atoms with Crippen LogP contribution >= 0.6 is 0 Å². The van der Waals surface area contributed by atoms with Gasteiger partial charge in [-0.15, -0.1) is 0 Å². The summed E-state index contributed by atoms with van der Waals surface area (Å²) in [6.45, 7) is 7.09. The third-order valence-corrected chi connectivity index (χ3v) is 1.65. The highest BCUT2D eigenvalue weighted by molar-refractivity contribution is 5.31. The molecule has 0 aromatic heterocycles. The Balaban J connectivity index is 2.35. The summed E-state index contributed by atoms with van der Waals surface area (Å²) in [5, 5.41) is 0. The lowest BCUT2D eigenvalue weighted by atomic mass is 10.3. The summed E-state index contributed by atoms with van der Waals surface area (Å²) in [4.78, 5) is 0. The van der Waals surface area contributed by atoms with Crippen LogP contribution in [0.2, 0.25) is 0 Å². The Morgan fingerprint density at radius 3 is 1.50 bits per heavy atom. The lowest BCUT2D eigenvalue weighted by molar-refractivity contribution is 0.0774. The Morgan fingerprint density at radius 2 is 1.19 bits per heavy atom. The van der Waals surface area contributed by atoms with Gasteiger partial charge in [-0.25, -0.2) is 0 Å². The Labute approximate surface area is 94.7 Å². The minimum atomic E-state index is 0.142. The normalized spacial score (nSPS) is 9.00. The monoisotopic (exact) mass is 222 g/mol. The molecule has 86 valence electrons. The van der Waals surface area contributed by atoms with Crippen LogP contribution in [-0.2, 0) is 9.47 Å². The molecule has 16 heavy (non-hydrogen) atoms. The van der Waals surface area contributed by atoms with E-state index < -0.39 is 0 Å². The summed E-state index contributed by atoms with van der Waals surface area (Å²) < 4.78 is 20.1. The van der Waals surface area contributed by atoms with Gasteiger partial charge in [0.05, 0.1) is 12.5 Å². The number of benzene rings is 1. The summed E-state index contributed by atoms with van der Waals surface area (Å²) in [5.41, 5.74) is 0. The number of hydrogen-bond acceptors (Lipinski definition) is 4. The molecule has 0 atom stereocenters. The van der Waals surface area contributed by atoms with Gasteiger partial charge in [-0.05, 0) is 24.3 Å². The molecule has 4 heteroatoms. The molecule has 0 bridgehead atoms. The predicted octanol–water partition coefficient (Wildman–Crippen LogP) is 2.68. The molecular formula is C12H14O4. The standard InChI is InChI=1S/C12H14O4/c1-3-13-9-15-11-5-7-12(8-6-11)16-10-14-4-2/h3-8H,1-2,9-10H2. The molecule has 0 fully saturated rings. The van der Waals surface area contributed by atoms with Crippen LogP contribution in [0.4, 0.5) is 0 Å². The maximum atomic E-state index is 5.23. The molecule has 0 heterocycles. The van der Waals surface area contributed by atoms with Gasteiger partial charge < -0.3 is 18.9 Å². The molecule has 0 spiro atoms. The van der Waals surface area contributed by atoms with Gasteiger partial charge in [-0.2, -0.15) is 0 Å². The van der Waals surface area contributed by atoms with Gasteiger partial charge >= 0.3 is 0 Å². The van der Waals surface area contributed by atoms with Crippen molar-refractivity contribution in [2.45, 2.75) is 0 Å². The fraction of sp³-hybridized carbons (Fsp3) is 0.167. The van der Waals surface area contributed by atoms with Gasteiger partial charge in [-0.1, -0.05) is 13.2 Å². The molecule has 0 N–H and O–H groups in total. The van der Waals surface area contributed by atoms with E-state index in [-0.39, 0.29) is 13.6 Å². The Bertz CT molecular complexity index is 285. The second-order valence-electron chi connectivity index (χ2n) is 2.66. The van der Waals surface area contributed by atoms with Gasteiger partial charge in [0.25, 0.3) is 0 Å². The third kappa shape index (κ3) is 4.41. The Hall–Kier alpha value is -2.10.